The van der Waals surface area contributed by atoms with E-state index in [2.05, 4.69) is 9.55 Å². The van der Waals surface area contributed by atoms with E-state index < -0.39 is 0 Å². The van der Waals surface area contributed by atoms with Crippen molar-refractivity contribution in [2.45, 2.75) is 12.6 Å². The van der Waals surface area contributed by atoms with Gasteiger partial charge in [-0.05, 0) is 23.3 Å². The van der Waals surface area contributed by atoms with E-state index in [0.717, 1.165) is 21.8 Å². The van der Waals surface area contributed by atoms with Gasteiger partial charge in [0.15, 0.2) is 0 Å². The van der Waals surface area contributed by atoms with E-state index in [9.17, 15) is 0 Å². The molecule has 1 heterocycles. The zero-order valence-electron chi connectivity index (χ0n) is 11.5. The third kappa shape index (κ3) is 3.15. The largest absolute Gasteiger partial charge is 0.328 e. The van der Waals surface area contributed by atoms with Crippen molar-refractivity contribution >= 4 is 11.6 Å². The van der Waals surface area contributed by atoms with Gasteiger partial charge < -0.3 is 10.3 Å². The predicted octanol–water partition coefficient (Wildman–Crippen LogP) is 3.63. The van der Waals surface area contributed by atoms with Crippen LogP contribution in [-0.2, 0) is 6.54 Å². The molecule has 1 atom stereocenters. The Labute approximate surface area is 129 Å². The number of aromatic nitrogens is 2. The Morgan fingerprint density at radius 2 is 1.90 bits per heavy atom. The number of benzene rings is 2. The van der Waals surface area contributed by atoms with Gasteiger partial charge >= 0.3 is 0 Å². The number of nitrogens with two attached hydrogens (primary N) is 1. The first-order valence-electron chi connectivity index (χ1n) is 6.79. The van der Waals surface area contributed by atoms with Crippen molar-refractivity contribution in [3.05, 3.63) is 89.0 Å². The van der Waals surface area contributed by atoms with Crippen LogP contribution in [0.2, 0.25) is 5.02 Å². The summed E-state index contributed by atoms with van der Waals surface area (Å²) < 4.78 is 2.06. The minimum atomic E-state index is -0.187. The van der Waals surface area contributed by atoms with Gasteiger partial charge in [-0.3, -0.25) is 0 Å². The van der Waals surface area contributed by atoms with Crippen molar-refractivity contribution in [3.8, 4) is 0 Å². The van der Waals surface area contributed by atoms with Crippen LogP contribution in [-0.4, -0.2) is 9.55 Å². The van der Waals surface area contributed by atoms with Crippen LogP contribution in [0.4, 0.5) is 0 Å². The van der Waals surface area contributed by atoms with Gasteiger partial charge in [0.1, 0.15) is 0 Å². The standard InChI is InChI=1S/C17H16ClN3/c18-15-8-4-5-13(9-15)11-21-12-20-10-16(21)17(19)14-6-2-1-3-7-14/h1-10,12,17H,11,19H2. The highest BCUT2D eigenvalue weighted by molar-refractivity contribution is 6.30. The third-order valence-corrected chi connectivity index (χ3v) is 3.70. The Balaban J connectivity index is 1.87. The first kappa shape index (κ1) is 13.9. The van der Waals surface area contributed by atoms with Gasteiger partial charge in [0.25, 0.3) is 0 Å². The van der Waals surface area contributed by atoms with E-state index >= 15 is 0 Å². The van der Waals surface area contributed by atoms with Gasteiger partial charge in [-0.1, -0.05) is 54.1 Å². The van der Waals surface area contributed by atoms with Gasteiger partial charge in [0, 0.05) is 11.6 Å². The van der Waals surface area contributed by atoms with E-state index in [4.69, 9.17) is 17.3 Å². The molecule has 21 heavy (non-hydrogen) atoms. The first-order chi connectivity index (χ1) is 10.2. The third-order valence-electron chi connectivity index (χ3n) is 3.46. The maximum absolute atomic E-state index is 6.36. The average molecular weight is 298 g/mol. The molecule has 106 valence electrons. The van der Waals surface area contributed by atoms with Gasteiger partial charge in [0.05, 0.1) is 24.3 Å². The van der Waals surface area contributed by atoms with Gasteiger partial charge in [0.2, 0.25) is 0 Å². The van der Waals surface area contributed by atoms with Gasteiger partial charge in [-0.25, -0.2) is 4.98 Å². The molecule has 0 aliphatic rings. The second kappa shape index (κ2) is 6.12. The number of imidazole rings is 1. The molecule has 0 bridgehead atoms. The van der Waals surface area contributed by atoms with Crippen LogP contribution in [0.15, 0.2) is 67.1 Å². The lowest BCUT2D eigenvalue weighted by molar-refractivity contribution is 0.696. The molecule has 0 aliphatic carbocycles. The highest BCUT2D eigenvalue weighted by Gasteiger charge is 2.13. The smallest absolute Gasteiger partial charge is 0.0951 e. The fourth-order valence-corrected chi connectivity index (χ4v) is 2.60. The molecule has 3 nitrogen and oxygen atoms in total. The lowest BCUT2D eigenvalue weighted by Crippen LogP contribution is -2.16. The molecule has 0 saturated heterocycles. The minimum absolute atomic E-state index is 0.187. The highest BCUT2D eigenvalue weighted by atomic mass is 35.5. The molecule has 0 aliphatic heterocycles. The van der Waals surface area contributed by atoms with Crippen molar-refractivity contribution in [3.63, 3.8) is 0 Å². The second-order valence-corrected chi connectivity index (χ2v) is 5.40. The molecule has 0 amide bonds. The van der Waals surface area contributed by atoms with Crippen LogP contribution in [0.1, 0.15) is 22.9 Å². The molecule has 1 aromatic heterocycles. The number of hydrogen-bond donors (Lipinski definition) is 1. The molecule has 0 saturated carbocycles. The summed E-state index contributed by atoms with van der Waals surface area (Å²) in [5.41, 5.74) is 9.55. The van der Waals surface area contributed by atoms with E-state index in [1.807, 2.05) is 60.8 Å². The normalized spacial score (nSPS) is 12.3. The molecule has 4 heteroatoms. The molecule has 3 aromatic rings. The van der Waals surface area contributed by atoms with Crippen LogP contribution in [0.5, 0.6) is 0 Å². The Morgan fingerprint density at radius 3 is 2.67 bits per heavy atom. The maximum atomic E-state index is 6.36. The second-order valence-electron chi connectivity index (χ2n) is 4.96. The average Bonchev–Trinajstić information content (AvgIpc) is 2.95. The van der Waals surface area contributed by atoms with Crippen molar-refractivity contribution in [2.24, 2.45) is 5.73 Å². The first-order valence-corrected chi connectivity index (χ1v) is 7.17. The fraction of sp³-hybridized carbons (Fsp3) is 0.118. The summed E-state index contributed by atoms with van der Waals surface area (Å²) in [7, 11) is 0. The molecule has 0 spiro atoms. The lowest BCUT2D eigenvalue weighted by atomic mass is 10.1. The van der Waals surface area contributed by atoms with Crippen LogP contribution in [0.25, 0.3) is 0 Å². The zero-order chi connectivity index (χ0) is 14.7. The van der Waals surface area contributed by atoms with Crippen LogP contribution in [0, 0.1) is 0 Å². The maximum Gasteiger partial charge on any atom is 0.0951 e. The van der Waals surface area contributed by atoms with Crippen molar-refractivity contribution in [1.29, 1.82) is 0 Å². The molecule has 0 radical (unpaired) electrons. The topological polar surface area (TPSA) is 43.8 Å². The number of halogens is 1. The molecule has 2 aromatic carbocycles. The summed E-state index contributed by atoms with van der Waals surface area (Å²) >= 11 is 6.03. The van der Waals surface area contributed by atoms with Crippen LogP contribution < -0.4 is 5.73 Å². The van der Waals surface area contributed by atoms with Crippen molar-refractivity contribution in [2.75, 3.05) is 0 Å². The number of hydrogen-bond acceptors (Lipinski definition) is 2. The SMILES string of the molecule is NC(c1ccccc1)c1cncn1Cc1cccc(Cl)c1. The Hall–Kier alpha value is -2.10. The predicted molar refractivity (Wildman–Crippen MR) is 85.3 cm³/mol. The van der Waals surface area contributed by atoms with Crippen molar-refractivity contribution < 1.29 is 0 Å². The zero-order valence-corrected chi connectivity index (χ0v) is 12.2. The van der Waals surface area contributed by atoms with E-state index in [1.54, 1.807) is 6.33 Å². The van der Waals surface area contributed by atoms with Gasteiger partial charge in [-0.15, -0.1) is 0 Å². The quantitative estimate of drug-likeness (QED) is 0.799. The summed E-state index contributed by atoms with van der Waals surface area (Å²) in [6.45, 7) is 0.705. The molecular weight excluding hydrogens is 282 g/mol. The summed E-state index contributed by atoms with van der Waals surface area (Å²) in [6, 6.07) is 17.7. The Kier molecular flexibility index (Phi) is 4.04. The summed E-state index contributed by atoms with van der Waals surface area (Å²) in [5.74, 6) is 0. The van der Waals surface area contributed by atoms with Crippen LogP contribution in [0.3, 0.4) is 0 Å². The summed E-state index contributed by atoms with van der Waals surface area (Å²) in [6.07, 6.45) is 3.63. The van der Waals surface area contributed by atoms with Crippen molar-refractivity contribution in [1.82, 2.24) is 9.55 Å². The monoisotopic (exact) mass is 297 g/mol. The Morgan fingerprint density at radius 1 is 1.10 bits per heavy atom. The number of nitrogens with zero attached hydrogens (tertiary/aromatic N) is 2. The number of rotatable bonds is 4. The van der Waals surface area contributed by atoms with Gasteiger partial charge in [-0.2, -0.15) is 0 Å². The molecule has 3 rings (SSSR count). The van der Waals surface area contributed by atoms with Crippen LogP contribution >= 0.6 is 11.6 Å². The summed E-state index contributed by atoms with van der Waals surface area (Å²) in [5, 5.41) is 0.738. The summed E-state index contributed by atoms with van der Waals surface area (Å²) in [4.78, 5) is 4.24. The van der Waals surface area contributed by atoms with E-state index in [0.29, 0.717) is 6.54 Å². The highest BCUT2D eigenvalue weighted by Crippen LogP contribution is 2.20. The molecular formula is C17H16ClN3. The van der Waals surface area contributed by atoms with E-state index in [1.165, 1.54) is 0 Å². The molecule has 1 unspecified atom stereocenters. The van der Waals surface area contributed by atoms with E-state index in [-0.39, 0.29) is 6.04 Å². The molecule has 0 fully saturated rings. The fourth-order valence-electron chi connectivity index (χ4n) is 2.39. The minimum Gasteiger partial charge on any atom is -0.328 e. The Bertz CT molecular complexity index is 722. The lowest BCUT2D eigenvalue weighted by Gasteiger charge is -2.15. The molecule has 2 N–H and O–H groups in total.